The van der Waals surface area contributed by atoms with Gasteiger partial charge in [0.05, 0.1) is 18.6 Å². The number of hydrogen-bond acceptors (Lipinski definition) is 6. The van der Waals surface area contributed by atoms with Gasteiger partial charge in [-0.3, -0.25) is 4.79 Å². The number of amides is 1. The number of ether oxygens (including phenoxy) is 1. The van der Waals surface area contributed by atoms with Crippen molar-refractivity contribution in [3.63, 3.8) is 0 Å². The van der Waals surface area contributed by atoms with Gasteiger partial charge in [-0.2, -0.15) is 0 Å². The maximum absolute atomic E-state index is 12.2. The molecule has 0 fully saturated rings. The van der Waals surface area contributed by atoms with Gasteiger partial charge in [-0.1, -0.05) is 35.5 Å². The largest absolute Gasteiger partial charge is 0.495 e. The summed E-state index contributed by atoms with van der Waals surface area (Å²) in [5, 5.41) is 11.2. The van der Waals surface area contributed by atoms with Gasteiger partial charge in [0.15, 0.2) is 0 Å². The average Bonchev–Trinajstić information content (AvgIpc) is 3.09. The topological polar surface area (TPSA) is 77.2 Å². The predicted molar refractivity (Wildman–Crippen MR) is 102 cm³/mol. The molecule has 1 heterocycles. The summed E-state index contributed by atoms with van der Waals surface area (Å²) in [7, 11) is 1.57. The molecule has 0 spiro atoms. The molecule has 0 aliphatic rings. The molecule has 134 valence electrons. The first kappa shape index (κ1) is 18.0. The van der Waals surface area contributed by atoms with Crippen LogP contribution in [0.3, 0.4) is 0 Å². The number of nitrogens with one attached hydrogen (secondary N) is 1. The number of benzene rings is 2. The van der Waals surface area contributed by atoms with Crippen molar-refractivity contribution in [2.24, 2.45) is 0 Å². The third kappa shape index (κ3) is 4.43. The molecule has 26 heavy (non-hydrogen) atoms. The van der Waals surface area contributed by atoms with Crippen LogP contribution in [0.4, 0.5) is 5.69 Å². The van der Waals surface area contributed by atoms with E-state index in [1.54, 1.807) is 7.11 Å². The maximum atomic E-state index is 12.2. The molecular formula is C19H19N3O3S. The van der Waals surface area contributed by atoms with Crippen molar-refractivity contribution < 1.29 is 13.9 Å². The minimum atomic E-state index is -0.172. The zero-order valence-electron chi connectivity index (χ0n) is 14.8. The fourth-order valence-corrected chi connectivity index (χ4v) is 2.96. The second kappa shape index (κ2) is 8.05. The lowest BCUT2D eigenvalue weighted by Gasteiger charge is -2.10. The van der Waals surface area contributed by atoms with Gasteiger partial charge in [-0.05, 0) is 43.7 Å². The second-order valence-corrected chi connectivity index (χ2v) is 6.71. The molecule has 0 bridgehead atoms. The van der Waals surface area contributed by atoms with Gasteiger partial charge in [0, 0.05) is 5.56 Å². The summed E-state index contributed by atoms with van der Waals surface area (Å²) in [6, 6.07) is 13.4. The second-order valence-electron chi connectivity index (χ2n) is 5.78. The van der Waals surface area contributed by atoms with Gasteiger partial charge in [0.2, 0.25) is 11.8 Å². The molecular weight excluding hydrogens is 350 g/mol. The first-order valence-electron chi connectivity index (χ1n) is 8.03. The fourth-order valence-electron chi connectivity index (χ4n) is 2.40. The molecule has 0 aliphatic carbocycles. The smallest absolute Gasteiger partial charge is 0.277 e. The Morgan fingerprint density at radius 2 is 1.96 bits per heavy atom. The summed E-state index contributed by atoms with van der Waals surface area (Å²) in [6.45, 7) is 3.95. The Bertz CT molecular complexity index is 924. The van der Waals surface area contributed by atoms with Crippen LogP contribution in [0.1, 0.15) is 11.1 Å². The van der Waals surface area contributed by atoms with Crippen molar-refractivity contribution in [2.75, 3.05) is 18.2 Å². The molecule has 3 rings (SSSR count). The summed E-state index contributed by atoms with van der Waals surface area (Å²) < 4.78 is 10.9. The molecule has 0 unspecified atom stereocenters. The summed E-state index contributed by atoms with van der Waals surface area (Å²) >= 11 is 1.19. The molecule has 0 atom stereocenters. The highest BCUT2D eigenvalue weighted by Gasteiger charge is 2.13. The van der Waals surface area contributed by atoms with Gasteiger partial charge < -0.3 is 14.5 Å². The van der Waals surface area contributed by atoms with E-state index in [1.807, 2.05) is 56.3 Å². The lowest BCUT2D eigenvalue weighted by molar-refractivity contribution is -0.113. The number of anilines is 1. The SMILES string of the molecule is COc1ccc(C)cc1NC(=O)CSc1nnc(-c2cccc(C)c2)o1. The Morgan fingerprint density at radius 3 is 2.73 bits per heavy atom. The average molecular weight is 369 g/mol. The zero-order chi connectivity index (χ0) is 18.5. The molecule has 1 N–H and O–H groups in total. The van der Waals surface area contributed by atoms with E-state index in [0.717, 1.165) is 16.7 Å². The van der Waals surface area contributed by atoms with Crippen LogP contribution in [0, 0.1) is 13.8 Å². The van der Waals surface area contributed by atoms with E-state index >= 15 is 0 Å². The number of hydrogen-bond donors (Lipinski definition) is 1. The van der Waals surface area contributed by atoms with Gasteiger partial charge in [-0.15, -0.1) is 10.2 Å². The van der Waals surface area contributed by atoms with E-state index in [9.17, 15) is 4.79 Å². The lowest BCUT2D eigenvalue weighted by Crippen LogP contribution is -2.14. The van der Waals surface area contributed by atoms with Crippen LogP contribution < -0.4 is 10.1 Å². The molecule has 0 radical (unpaired) electrons. The van der Waals surface area contributed by atoms with Crippen LogP contribution in [0.2, 0.25) is 0 Å². The molecule has 0 aliphatic heterocycles. The van der Waals surface area contributed by atoms with Crippen LogP contribution in [0.25, 0.3) is 11.5 Å². The number of rotatable bonds is 6. The van der Waals surface area contributed by atoms with E-state index in [0.29, 0.717) is 22.6 Å². The molecule has 0 saturated carbocycles. The van der Waals surface area contributed by atoms with Crippen molar-refractivity contribution in [1.82, 2.24) is 10.2 Å². The van der Waals surface area contributed by atoms with Crippen molar-refractivity contribution in [1.29, 1.82) is 0 Å². The van der Waals surface area contributed by atoms with Crippen molar-refractivity contribution >= 4 is 23.4 Å². The summed E-state index contributed by atoms with van der Waals surface area (Å²) in [6.07, 6.45) is 0. The highest BCUT2D eigenvalue weighted by molar-refractivity contribution is 7.99. The number of thioether (sulfide) groups is 1. The number of aromatic nitrogens is 2. The standard InChI is InChI=1S/C19H19N3O3S/c1-12-5-4-6-14(9-12)18-21-22-19(25-18)26-11-17(23)20-15-10-13(2)7-8-16(15)24-3/h4-10H,11H2,1-3H3,(H,20,23). The Balaban J connectivity index is 1.61. The number of methoxy groups -OCH3 is 1. The fraction of sp³-hybridized carbons (Fsp3) is 0.211. The van der Waals surface area contributed by atoms with Gasteiger partial charge in [0.1, 0.15) is 5.75 Å². The lowest BCUT2D eigenvalue weighted by atomic mass is 10.1. The Hall–Kier alpha value is -2.80. The highest BCUT2D eigenvalue weighted by atomic mass is 32.2. The predicted octanol–water partition coefficient (Wildman–Crippen LogP) is 4.09. The van der Waals surface area contributed by atoms with Gasteiger partial charge in [0.25, 0.3) is 5.22 Å². The molecule has 7 heteroatoms. The molecule has 0 saturated heterocycles. The van der Waals surface area contributed by atoms with Crippen LogP contribution in [0.5, 0.6) is 5.75 Å². The molecule has 1 aromatic heterocycles. The minimum Gasteiger partial charge on any atom is -0.495 e. The third-order valence-corrected chi connectivity index (χ3v) is 4.45. The van der Waals surface area contributed by atoms with Gasteiger partial charge >= 0.3 is 0 Å². The Labute approximate surface area is 156 Å². The van der Waals surface area contributed by atoms with E-state index < -0.39 is 0 Å². The maximum Gasteiger partial charge on any atom is 0.277 e. The van der Waals surface area contributed by atoms with Crippen molar-refractivity contribution in [2.45, 2.75) is 19.1 Å². The first-order chi connectivity index (χ1) is 12.5. The summed E-state index contributed by atoms with van der Waals surface area (Å²) in [4.78, 5) is 12.2. The van der Waals surface area contributed by atoms with Crippen LogP contribution >= 0.6 is 11.8 Å². The third-order valence-electron chi connectivity index (χ3n) is 3.63. The summed E-state index contributed by atoms with van der Waals surface area (Å²) in [5.74, 6) is 1.05. The van der Waals surface area contributed by atoms with E-state index in [2.05, 4.69) is 15.5 Å². The van der Waals surface area contributed by atoms with Crippen LogP contribution in [-0.2, 0) is 4.79 Å². The zero-order valence-corrected chi connectivity index (χ0v) is 15.6. The van der Waals surface area contributed by atoms with Crippen LogP contribution in [-0.4, -0.2) is 29.0 Å². The first-order valence-corrected chi connectivity index (χ1v) is 9.01. The molecule has 2 aromatic carbocycles. The van der Waals surface area contributed by atoms with Crippen molar-refractivity contribution in [3.8, 4) is 17.2 Å². The van der Waals surface area contributed by atoms with Gasteiger partial charge in [-0.25, -0.2) is 0 Å². The number of carbonyl (C=O) groups is 1. The molecule has 1 amide bonds. The summed E-state index contributed by atoms with van der Waals surface area (Å²) in [5.41, 5.74) is 3.65. The number of carbonyl (C=O) groups excluding carboxylic acids is 1. The number of nitrogens with zero attached hydrogens (tertiary/aromatic N) is 2. The monoisotopic (exact) mass is 369 g/mol. The highest BCUT2D eigenvalue weighted by Crippen LogP contribution is 2.27. The Morgan fingerprint density at radius 1 is 1.15 bits per heavy atom. The normalized spacial score (nSPS) is 10.6. The number of aryl methyl sites for hydroxylation is 2. The van der Waals surface area contributed by atoms with Crippen LogP contribution in [0.15, 0.2) is 52.1 Å². The quantitative estimate of drug-likeness (QED) is 0.660. The van der Waals surface area contributed by atoms with E-state index in [1.165, 1.54) is 11.8 Å². The molecule has 6 nitrogen and oxygen atoms in total. The minimum absolute atomic E-state index is 0.159. The Kier molecular flexibility index (Phi) is 5.58. The van der Waals surface area contributed by atoms with E-state index in [4.69, 9.17) is 9.15 Å². The van der Waals surface area contributed by atoms with Crippen molar-refractivity contribution in [3.05, 3.63) is 53.6 Å². The van der Waals surface area contributed by atoms with E-state index in [-0.39, 0.29) is 11.7 Å². The molecule has 3 aromatic rings.